The molecule has 1 aromatic carbocycles. The molecule has 3 rings (SSSR count). The number of rotatable bonds is 8. The number of nitrogens with zero attached hydrogens (tertiary/aromatic N) is 3. The first kappa shape index (κ1) is 19.6. The van der Waals surface area contributed by atoms with Crippen molar-refractivity contribution >= 4 is 0 Å². The number of benzene rings is 1. The summed E-state index contributed by atoms with van der Waals surface area (Å²) in [4.78, 5) is 7.17. The van der Waals surface area contributed by atoms with Crippen molar-refractivity contribution in [2.45, 2.75) is 25.6 Å². The number of β-amino-alcohol motifs (C(OH)–C–C–N with tert-alkyl or cyclic N) is 1. The number of ether oxygens (including phenoxy) is 2. The van der Waals surface area contributed by atoms with Crippen LogP contribution >= 0.6 is 0 Å². The van der Waals surface area contributed by atoms with E-state index in [0.29, 0.717) is 13.2 Å². The molecule has 2 heterocycles. The van der Waals surface area contributed by atoms with Crippen molar-refractivity contribution in [3.8, 4) is 5.75 Å². The Morgan fingerprint density at radius 3 is 2.46 bits per heavy atom. The number of aliphatic hydroxyl groups excluding tert-OH is 1. The van der Waals surface area contributed by atoms with Gasteiger partial charge >= 0.3 is 0 Å². The molecule has 0 radical (unpaired) electrons. The lowest BCUT2D eigenvalue weighted by molar-refractivity contribution is 0.0512. The Kier molecular flexibility index (Phi) is 7.28. The Bertz CT molecular complexity index is 532. The molecule has 0 aliphatic carbocycles. The molecule has 0 unspecified atom stereocenters. The second-order valence-electron chi connectivity index (χ2n) is 7.36. The van der Waals surface area contributed by atoms with Crippen LogP contribution in [0, 0.1) is 0 Å². The summed E-state index contributed by atoms with van der Waals surface area (Å²) in [5, 5.41) is 10.5. The van der Waals surface area contributed by atoms with Gasteiger partial charge in [-0.25, -0.2) is 0 Å². The Balaban J connectivity index is 1.45. The average Bonchev–Trinajstić information content (AvgIpc) is 3.01. The molecule has 0 saturated carbocycles. The highest BCUT2D eigenvalue weighted by Gasteiger charge is 2.36. The summed E-state index contributed by atoms with van der Waals surface area (Å²) >= 11 is 0. The maximum atomic E-state index is 10.5. The van der Waals surface area contributed by atoms with Gasteiger partial charge in [0.2, 0.25) is 0 Å². The molecule has 2 saturated heterocycles. The van der Waals surface area contributed by atoms with Crippen molar-refractivity contribution in [2.75, 3.05) is 66.1 Å². The Morgan fingerprint density at radius 2 is 1.77 bits per heavy atom. The fraction of sp³-hybridized carbons (Fsp3) is 0.700. The predicted molar refractivity (Wildman–Crippen MR) is 103 cm³/mol. The molecule has 2 atom stereocenters. The summed E-state index contributed by atoms with van der Waals surface area (Å²) < 4.78 is 10.9. The van der Waals surface area contributed by atoms with E-state index in [4.69, 9.17) is 9.47 Å². The molecule has 0 bridgehead atoms. The molecule has 1 N–H and O–H groups in total. The van der Waals surface area contributed by atoms with Crippen molar-refractivity contribution in [3.63, 3.8) is 0 Å². The quantitative estimate of drug-likeness (QED) is 0.693. The van der Waals surface area contributed by atoms with Crippen molar-refractivity contribution in [1.82, 2.24) is 14.7 Å². The molecule has 26 heavy (non-hydrogen) atoms. The van der Waals surface area contributed by atoms with Gasteiger partial charge < -0.3 is 19.5 Å². The minimum Gasteiger partial charge on any atom is -0.491 e. The van der Waals surface area contributed by atoms with Crippen molar-refractivity contribution in [2.24, 2.45) is 0 Å². The summed E-state index contributed by atoms with van der Waals surface area (Å²) in [6.45, 7) is 10.8. The molecule has 1 aromatic rings. The minimum atomic E-state index is -0.250. The molecular formula is C20H33N3O3. The second-order valence-corrected chi connectivity index (χ2v) is 7.36. The van der Waals surface area contributed by atoms with Gasteiger partial charge in [-0.3, -0.25) is 9.80 Å². The first-order valence-corrected chi connectivity index (χ1v) is 9.78. The SMILES string of the molecule is CCOCCOc1ccc(CN2C[C@H](O)[C@@H](N3CCN(C)CC3)C2)cc1. The lowest BCUT2D eigenvalue weighted by atomic mass is 10.1. The normalized spacial score (nSPS) is 25.7. The average molecular weight is 364 g/mol. The lowest BCUT2D eigenvalue weighted by Crippen LogP contribution is -2.52. The third-order valence-electron chi connectivity index (χ3n) is 5.37. The van der Waals surface area contributed by atoms with E-state index >= 15 is 0 Å². The van der Waals surface area contributed by atoms with Gasteiger partial charge in [0.1, 0.15) is 12.4 Å². The van der Waals surface area contributed by atoms with Crippen LogP contribution in [0.2, 0.25) is 0 Å². The number of aliphatic hydroxyl groups is 1. The van der Waals surface area contributed by atoms with Gasteiger partial charge in [0.15, 0.2) is 0 Å². The van der Waals surface area contributed by atoms with Crippen LogP contribution in [0.25, 0.3) is 0 Å². The lowest BCUT2D eigenvalue weighted by Gasteiger charge is -2.37. The van der Waals surface area contributed by atoms with Gasteiger partial charge in [-0.15, -0.1) is 0 Å². The van der Waals surface area contributed by atoms with Crippen LogP contribution in [-0.4, -0.2) is 98.1 Å². The molecule has 146 valence electrons. The van der Waals surface area contributed by atoms with Gasteiger partial charge in [0.05, 0.1) is 12.7 Å². The fourth-order valence-electron chi connectivity index (χ4n) is 3.80. The van der Waals surface area contributed by atoms with Crippen LogP contribution in [0.4, 0.5) is 0 Å². The zero-order chi connectivity index (χ0) is 18.4. The van der Waals surface area contributed by atoms with Crippen LogP contribution in [-0.2, 0) is 11.3 Å². The molecule has 0 aromatic heterocycles. The number of piperazine rings is 1. The van der Waals surface area contributed by atoms with Crippen LogP contribution in [0.1, 0.15) is 12.5 Å². The molecular weight excluding hydrogens is 330 g/mol. The Morgan fingerprint density at radius 1 is 1.04 bits per heavy atom. The van der Waals surface area contributed by atoms with Crippen LogP contribution < -0.4 is 4.74 Å². The zero-order valence-electron chi connectivity index (χ0n) is 16.1. The molecule has 2 aliphatic rings. The fourth-order valence-corrected chi connectivity index (χ4v) is 3.80. The number of likely N-dealkylation sites (N-methyl/N-ethyl adjacent to an activating group) is 1. The van der Waals surface area contributed by atoms with Gasteiger partial charge in [-0.05, 0) is 31.7 Å². The van der Waals surface area contributed by atoms with Crippen LogP contribution in [0.3, 0.4) is 0 Å². The first-order valence-electron chi connectivity index (χ1n) is 9.78. The maximum absolute atomic E-state index is 10.5. The van der Waals surface area contributed by atoms with Crippen LogP contribution in [0.15, 0.2) is 24.3 Å². The molecule has 6 nitrogen and oxygen atoms in total. The largest absolute Gasteiger partial charge is 0.491 e. The van der Waals surface area contributed by atoms with E-state index in [2.05, 4.69) is 33.9 Å². The third kappa shape index (κ3) is 5.41. The Labute approximate surface area is 157 Å². The van der Waals surface area contributed by atoms with Gasteiger partial charge in [-0.2, -0.15) is 0 Å². The van der Waals surface area contributed by atoms with E-state index in [-0.39, 0.29) is 12.1 Å². The van der Waals surface area contributed by atoms with Gasteiger partial charge in [0, 0.05) is 58.5 Å². The topological polar surface area (TPSA) is 48.4 Å². The highest BCUT2D eigenvalue weighted by Crippen LogP contribution is 2.21. The molecule has 2 aliphatic heterocycles. The van der Waals surface area contributed by atoms with E-state index in [9.17, 15) is 5.11 Å². The van der Waals surface area contributed by atoms with Crippen molar-refractivity contribution < 1.29 is 14.6 Å². The van der Waals surface area contributed by atoms with Crippen LogP contribution in [0.5, 0.6) is 5.75 Å². The molecule has 0 amide bonds. The maximum Gasteiger partial charge on any atom is 0.119 e. The summed E-state index contributed by atoms with van der Waals surface area (Å²) in [6.07, 6.45) is -0.250. The van der Waals surface area contributed by atoms with E-state index < -0.39 is 0 Å². The number of hydrogen-bond donors (Lipinski definition) is 1. The Hall–Kier alpha value is -1.18. The van der Waals surface area contributed by atoms with E-state index in [1.807, 2.05) is 19.1 Å². The van der Waals surface area contributed by atoms with Crippen molar-refractivity contribution in [3.05, 3.63) is 29.8 Å². The highest BCUT2D eigenvalue weighted by atomic mass is 16.5. The van der Waals surface area contributed by atoms with Crippen molar-refractivity contribution in [1.29, 1.82) is 0 Å². The summed E-state index contributed by atoms with van der Waals surface area (Å²) in [7, 11) is 2.17. The summed E-state index contributed by atoms with van der Waals surface area (Å²) in [5.41, 5.74) is 1.26. The summed E-state index contributed by atoms with van der Waals surface area (Å²) in [5.74, 6) is 0.880. The third-order valence-corrected chi connectivity index (χ3v) is 5.37. The van der Waals surface area contributed by atoms with E-state index in [1.165, 1.54) is 5.56 Å². The monoisotopic (exact) mass is 363 g/mol. The number of hydrogen-bond acceptors (Lipinski definition) is 6. The summed E-state index contributed by atoms with van der Waals surface area (Å²) in [6, 6.07) is 8.54. The second kappa shape index (κ2) is 9.67. The smallest absolute Gasteiger partial charge is 0.119 e. The predicted octanol–water partition coefficient (Wildman–Crippen LogP) is 0.894. The minimum absolute atomic E-state index is 0.250. The van der Waals surface area contributed by atoms with E-state index in [1.54, 1.807) is 0 Å². The first-order chi connectivity index (χ1) is 12.7. The molecule has 2 fully saturated rings. The standard InChI is InChI=1S/C20H33N3O3/c1-3-25-12-13-26-18-6-4-17(5-7-18)14-22-15-19(20(24)16-22)23-10-8-21(2)9-11-23/h4-7,19-20,24H,3,8-16H2,1-2H3/t19-,20-/m0/s1. The highest BCUT2D eigenvalue weighted by molar-refractivity contribution is 5.27. The number of likely N-dealkylation sites (tertiary alicyclic amines) is 1. The van der Waals surface area contributed by atoms with Gasteiger partial charge in [0.25, 0.3) is 0 Å². The molecule has 0 spiro atoms. The zero-order valence-corrected chi connectivity index (χ0v) is 16.1. The van der Waals surface area contributed by atoms with Gasteiger partial charge in [-0.1, -0.05) is 12.1 Å². The van der Waals surface area contributed by atoms with E-state index in [0.717, 1.165) is 58.2 Å². The molecule has 6 heteroatoms.